The zero-order valence-corrected chi connectivity index (χ0v) is 12.0. The van der Waals surface area contributed by atoms with Crippen molar-refractivity contribution in [3.8, 4) is 0 Å². The van der Waals surface area contributed by atoms with Gasteiger partial charge >= 0.3 is 0 Å². The van der Waals surface area contributed by atoms with E-state index in [0.717, 1.165) is 23.0 Å². The fourth-order valence-electron chi connectivity index (χ4n) is 1.56. The Balaban J connectivity index is 2.62. The van der Waals surface area contributed by atoms with Crippen LogP contribution in [0.5, 0.6) is 0 Å². The van der Waals surface area contributed by atoms with Crippen molar-refractivity contribution in [3.63, 3.8) is 0 Å². The highest BCUT2D eigenvalue weighted by atomic mass is 35.5. The molecule has 0 saturated heterocycles. The largest absolute Gasteiger partial charge is 0.342 e. The standard InChI is InChI=1S/C13H18ClNOS/c1-4-15(5-2)13(16)10(3)17-12-8-6-11(14)7-9-12/h6-10H,4-5H2,1-3H3/t10-/m0/s1. The maximum atomic E-state index is 12.1. The van der Waals surface area contributed by atoms with Gasteiger partial charge in [0.05, 0.1) is 5.25 Å². The van der Waals surface area contributed by atoms with Crippen molar-refractivity contribution in [2.24, 2.45) is 0 Å². The maximum Gasteiger partial charge on any atom is 0.235 e. The molecule has 1 rings (SSSR count). The highest BCUT2D eigenvalue weighted by Gasteiger charge is 2.18. The summed E-state index contributed by atoms with van der Waals surface area (Å²) in [5, 5.41) is 0.660. The number of hydrogen-bond donors (Lipinski definition) is 0. The molecule has 1 atom stereocenters. The lowest BCUT2D eigenvalue weighted by molar-refractivity contribution is -0.129. The van der Waals surface area contributed by atoms with Crippen LogP contribution in [-0.4, -0.2) is 29.1 Å². The molecule has 2 nitrogen and oxygen atoms in total. The predicted molar refractivity (Wildman–Crippen MR) is 74.7 cm³/mol. The molecule has 0 spiro atoms. The maximum absolute atomic E-state index is 12.1. The number of carbonyl (C=O) groups is 1. The summed E-state index contributed by atoms with van der Waals surface area (Å²) in [6.07, 6.45) is 0. The average Bonchev–Trinajstić information content (AvgIpc) is 2.33. The van der Waals surface area contributed by atoms with E-state index in [4.69, 9.17) is 11.6 Å². The number of carbonyl (C=O) groups excluding carboxylic acids is 1. The van der Waals surface area contributed by atoms with Crippen molar-refractivity contribution in [3.05, 3.63) is 29.3 Å². The molecule has 1 aromatic rings. The Labute approximate surface area is 112 Å². The molecule has 0 fully saturated rings. The van der Waals surface area contributed by atoms with Gasteiger partial charge in [-0.3, -0.25) is 4.79 Å². The van der Waals surface area contributed by atoms with Gasteiger partial charge in [0.2, 0.25) is 5.91 Å². The first-order chi connectivity index (χ1) is 8.08. The van der Waals surface area contributed by atoms with E-state index in [-0.39, 0.29) is 11.2 Å². The first kappa shape index (κ1) is 14.4. The number of rotatable bonds is 5. The van der Waals surface area contributed by atoms with Gasteiger partial charge in [0, 0.05) is 23.0 Å². The lowest BCUT2D eigenvalue weighted by Crippen LogP contribution is -2.36. The highest BCUT2D eigenvalue weighted by molar-refractivity contribution is 8.00. The minimum atomic E-state index is -0.0592. The molecule has 0 aliphatic heterocycles. The highest BCUT2D eigenvalue weighted by Crippen LogP contribution is 2.25. The Bertz CT molecular complexity index is 362. The zero-order valence-electron chi connectivity index (χ0n) is 10.4. The topological polar surface area (TPSA) is 20.3 Å². The molecule has 17 heavy (non-hydrogen) atoms. The lowest BCUT2D eigenvalue weighted by atomic mass is 10.3. The summed E-state index contributed by atoms with van der Waals surface area (Å²) in [6, 6.07) is 7.58. The van der Waals surface area contributed by atoms with Crippen LogP contribution in [0.4, 0.5) is 0 Å². The van der Waals surface area contributed by atoms with Crippen LogP contribution in [-0.2, 0) is 4.79 Å². The third-order valence-corrected chi connectivity index (χ3v) is 3.90. The Kier molecular flexibility index (Phi) is 5.86. The van der Waals surface area contributed by atoms with E-state index in [9.17, 15) is 4.79 Å². The number of thioether (sulfide) groups is 1. The zero-order chi connectivity index (χ0) is 12.8. The van der Waals surface area contributed by atoms with E-state index in [0.29, 0.717) is 0 Å². The second-order valence-electron chi connectivity index (χ2n) is 3.72. The Morgan fingerprint density at radius 1 is 1.29 bits per heavy atom. The third kappa shape index (κ3) is 4.25. The van der Waals surface area contributed by atoms with Crippen LogP contribution < -0.4 is 0 Å². The molecule has 0 heterocycles. The van der Waals surface area contributed by atoms with Gasteiger partial charge < -0.3 is 4.90 Å². The molecule has 0 aliphatic carbocycles. The first-order valence-electron chi connectivity index (χ1n) is 5.79. The van der Waals surface area contributed by atoms with Crippen LogP contribution in [0, 0.1) is 0 Å². The van der Waals surface area contributed by atoms with Crippen LogP contribution in [0.3, 0.4) is 0 Å². The third-order valence-electron chi connectivity index (χ3n) is 2.55. The van der Waals surface area contributed by atoms with Gasteiger partial charge in [0.1, 0.15) is 0 Å². The van der Waals surface area contributed by atoms with E-state index in [1.165, 1.54) is 0 Å². The fourth-order valence-corrected chi connectivity index (χ4v) is 2.64. The van der Waals surface area contributed by atoms with Gasteiger partial charge in [-0.2, -0.15) is 0 Å². The van der Waals surface area contributed by atoms with Gasteiger partial charge in [-0.05, 0) is 45.0 Å². The summed E-state index contributed by atoms with van der Waals surface area (Å²) in [5.41, 5.74) is 0. The molecule has 4 heteroatoms. The molecule has 0 aromatic heterocycles. The van der Waals surface area contributed by atoms with E-state index in [1.807, 2.05) is 49.9 Å². The normalized spacial score (nSPS) is 12.2. The number of amides is 1. The smallest absolute Gasteiger partial charge is 0.235 e. The molecule has 94 valence electrons. The molecule has 0 radical (unpaired) electrons. The first-order valence-corrected chi connectivity index (χ1v) is 7.05. The molecule has 0 saturated carbocycles. The van der Waals surface area contributed by atoms with E-state index in [1.54, 1.807) is 11.8 Å². The monoisotopic (exact) mass is 271 g/mol. The van der Waals surface area contributed by atoms with E-state index >= 15 is 0 Å². The minimum Gasteiger partial charge on any atom is -0.342 e. The number of hydrogen-bond acceptors (Lipinski definition) is 2. The van der Waals surface area contributed by atoms with Crippen molar-refractivity contribution < 1.29 is 4.79 Å². The summed E-state index contributed by atoms with van der Waals surface area (Å²) in [7, 11) is 0. The molecular formula is C13H18ClNOS. The van der Waals surface area contributed by atoms with Crippen molar-refractivity contribution in [1.29, 1.82) is 0 Å². The Morgan fingerprint density at radius 3 is 2.29 bits per heavy atom. The molecule has 0 aliphatic rings. The molecule has 1 aromatic carbocycles. The van der Waals surface area contributed by atoms with Crippen LogP contribution >= 0.6 is 23.4 Å². The molecule has 0 bridgehead atoms. The molecule has 0 N–H and O–H groups in total. The number of halogens is 1. The van der Waals surface area contributed by atoms with Crippen molar-refractivity contribution in [2.45, 2.75) is 30.9 Å². The van der Waals surface area contributed by atoms with Crippen LogP contribution in [0.25, 0.3) is 0 Å². The second-order valence-corrected chi connectivity index (χ2v) is 5.58. The average molecular weight is 272 g/mol. The summed E-state index contributed by atoms with van der Waals surface area (Å²) < 4.78 is 0. The van der Waals surface area contributed by atoms with Gasteiger partial charge in [-0.15, -0.1) is 11.8 Å². The molecular weight excluding hydrogens is 254 g/mol. The molecule has 1 amide bonds. The van der Waals surface area contributed by atoms with E-state index in [2.05, 4.69) is 0 Å². The van der Waals surface area contributed by atoms with Gasteiger partial charge in [-0.1, -0.05) is 11.6 Å². The Morgan fingerprint density at radius 2 is 1.82 bits per heavy atom. The van der Waals surface area contributed by atoms with Crippen LogP contribution in [0.2, 0.25) is 5.02 Å². The summed E-state index contributed by atoms with van der Waals surface area (Å²) >= 11 is 7.39. The second kappa shape index (κ2) is 6.92. The summed E-state index contributed by atoms with van der Waals surface area (Å²) in [4.78, 5) is 15.0. The van der Waals surface area contributed by atoms with Crippen LogP contribution in [0.1, 0.15) is 20.8 Å². The van der Waals surface area contributed by atoms with Crippen molar-refractivity contribution in [2.75, 3.05) is 13.1 Å². The van der Waals surface area contributed by atoms with Gasteiger partial charge in [0.15, 0.2) is 0 Å². The summed E-state index contributed by atoms with van der Waals surface area (Å²) in [6.45, 7) is 7.48. The minimum absolute atomic E-state index is 0.0592. The lowest BCUT2D eigenvalue weighted by Gasteiger charge is -2.22. The van der Waals surface area contributed by atoms with Crippen molar-refractivity contribution >= 4 is 29.3 Å². The van der Waals surface area contributed by atoms with Gasteiger partial charge in [-0.25, -0.2) is 0 Å². The summed E-state index contributed by atoms with van der Waals surface area (Å²) in [5.74, 6) is 0.190. The fraction of sp³-hybridized carbons (Fsp3) is 0.462. The van der Waals surface area contributed by atoms with E-state index < -0.39 is 0 Å². The SMILES string of the molecule is CCN(CC)C(=O)[C@H](C)Sc1ccc(Cl)cc1. The number of benzene rings is 1. The number of nitrogens with zero attached hydrogens (tertiary/aromatic N) is 1. The molecule has 0 unspecified atom stereocenters. The quantitative estimate of drug-likeness (QED) is 0.762. The van der Waals surface area contributed by atoms with Crippen molar-refractivity contribution in [1.82, 2.24) is 4.90 Å². The van der Waals surface area contributed by atoms with Crippen LogP contribution in [0.15, 0.2) is 29.2 Å². The predicted octanol–water partition coefficient (Wildman–Crippen LogP) is 3.69. The Hall–Kier alpha value is -0.670. The van der Waals surface area contributed by atoms with Gasteiger partial charge in [0.25, 0.3) is 0 Å².